The summed E-state index contributed by atoms with van der Waals surface area (Å²) in [4.78, 5) is 33.5. The average molecular weight is 381 g/mol. The number of nitrogens with zero attached hydrogens (tertiary/aromatic N) is 5. The van der Waals surface area contributed by atoms with Crippen LogP contribution in [0.25, 0.3) is 0 Å². The molecule has 0 bridgehead atoms. The lowest BCUT2D eigenvalue weighted by molar-refractivity contribution is -0.139. The highest BCUT2D eigenvalue weighted by molar-refractivity contribution is 5.92. The van der Waals surface area contributed by atoms with Crippen LogP contribution in [-0.4, -0.2) is 56.0 Å². The van der Waals surface area contributed by atoms with Crippen LogP contribution in [0.2, 0.25) is 0 Å². The van der Waals surface area contributed by atoms with Gasteiger partial charge in [-0.25, -0.2) is 0 Å². The number of aryl methyl sites for hydroxylation is 1. The first-order chi connectivity index (χ1) is 13.6. The fraction of sp³-hybridized carbons (Fsp3) is 0.524. The van der Waals surface area contributed by atoms with Gasteiger partial charge in [0, 0.05) is 63.2 Å². The Hall–Kier alpha value is -2.70. The topological polar surface area (TPSA) is 71.3 Å². The second-order valence-corrected chi connectivity index (χ2v) is 8.00. The second kappa shape index (κ2) is 7.73. The van der Waals surface area contributed by atoms with Gasteiger partial charge in [-0.15, -0.1) is 0 Å². The highest BCUT2D eigenvalue weighted by Crippen LogP contribution is 2.39. The van der Waals surface area contributed by atoms with E-state index in [1.165, 1.54) is 0 Å². The molecule has 0 aliphatic carbocycles. The number of hydrogen-bond donors (Lipinski definition) is 0. The summed E-state index contributed by atoms with van der Waals surface area (Å²) in [6, 6.07) is 5.70. The van der Waals surface area contributed by atoms with Gasteiger partial charge in [-0.3, -0.25) is 19.3 Å². The summed E-state index contributed by atoms with van der Waals surface area (Å²) >= 11 is 0. The number of pyridine rings is 1. The number of amides is 2. The zero-order valence-electron chi connectivity index (χ0n) is 16.4. The Morgan fingerprint density at radius 1 is 1.25 bits per heavy atom. The molecule has 7 nitrogen and oxygen atoms in total. The molecule has 2 saturated heterocycles. The van der Waals surface area contributed by atoms with Crippen molar-refractivity contribution in [2.24, 2.45) is 5.41 Å². The van der Waals surface area contributed by atoms with E-state index in [2.05, 4.69) is 10.1 Å². The Labute approximate surface area is 165 Å². The predicted octanol–water partition coefficient (Wildman–Crippen LogP) is 2.34. The van der Waals surface area contributed by atoms with Crippen molar-refractivity contribution in [1.82, 2.24) is 24.6 Å². The minimum atomic E-state index is -0.0165. The largest absolute Gasteiger partial charge is 0.338 e. The van der Waals surface area contributed by atoms with Crippen LogP contribution in [0.1, 0.15) is 48.7 Å². The van der Waals surface area contributed by atoms with Crippen LogP contribution in [0, 0.1) is 5.41 Å². The summed E-state index contributed by atoms with van der Waals surface area (Å²) in [5.74, 6) is 0.196. The minimum Gasteiger partial charge on any atom is -0.338 e. The van der Waals surface area contributed by atoms with E-state index < -0.39 is 0 Å². The summed E-state index contributed by atoms with van der Waals surface area (Å²) in [6.45, 7) is 5.50. The lowest BCUT2D eigenvalue weighted by atomic mass is 9.73. The van der Waals surface area contributed by atoms with Crippen LogP contribution in [0.15, 0.2) is 36.8 Å². The first-order valence-corrected chi connectivity index (χ1v) is 10.1. The van der Waals surface area contributed by atoms with Gasteiger partial charge < -0.3 is 9.80 Å². The molecule has 2 aromatic rings. The van der Waals surface area contributed by atoms with Crippen LogP contribution in [0.4, 0.5) is 0 Å². The average Bonchev–Trinajstić information content (AvgIpc) is 3.21. The molecule has 0 aromatic carbocycles. The molecule has 0 radical (unpaired) electrons. The number of aromatic nitrogens is 3. The van der Waals surface area contributed by atoms with Crippen molar-refractivity contribution < 1.29 is 9.59 Å². The quantitative estimate of drug-likeness (QED) is 0.815. The van der Waals surface area contributed by atoms with Gasteiger partial charge in [-0.2, -0.15) is 5.10 Å². The molecule has 0 saturated carbocycles. The molecule has 148 valence electrons. The molecule has 7 heteroatoms. The maximum Gasteiger partial charge on any atom is 0.274 e. The Bertz CT molecular complexity index is 849. The SMILES string of the molecule is CCn1ccc(C(=O)N2CCC[C@]3(CCC(=O)N(Cc4cccnc4)C3)C2)n1. The molecule has 2 aliphatic heterocycles. The molecule has 1 spiro atoms. The molecule has 1 atom stereocenters. The molecular weight excluding hydrogens is 354 g/mol. The van der Waals surface area contributed by atoms with Crippen molar-refractivity contribution >= 4 is 11.8 Å². The van der Waals surface area contributed by atoms with Crippen LogP contribution >= 0.6 is 0 Å². The summed E-state index contributed by atoms with van der Waals surface area (Å²) < 4.78 is 1.78. The standard InChI is InChI=1S/C21H27N5O2/c1-2-26-12-7-18(23-26)20(28)24-11-4-8-21(15-24)9-6-19(27)25(16-21)14-17-5-3-10-22-13-17/h3,5,7,10,12-13H,2,4,6,8-9,11,14-16H2,1H3/t21-/m0/s1. The molecule has 0 N–H and O–H groups in total. The molecular formula is C21H27N5O2. The Kier molecular flexibility index (Phi) is 5.15. The Balaban J connectivity index is 1.47. The van der Waals surface area contributed by atoms with Gasteiger partial charge in [-0.1, -0.05) is 6.07 Å². The van der Waals surface area contributed by atoms with Crippen molar-refractivity contribution in [1.29, 1.82) is 0 Å². The normalized spacial score (nSPS) is 22.7. The van der Waals surface area contributed by atoms with E-state index in [1.807, 2.05) is 41.2 Å². The van der Waals surface area contributed by atoms with E-state index in [4.69, 9.17) is 0 Å². The van der Waals surface area contributed by atoms with Crippen LogP contribution in [0.3, 0.4) is 0 Å². The van der Waals surface area contributed by atoms with E-state index in [-0.39, 0.29) is 17.2 Å². The number of carbonyl (C=O) groups is 2. The summed E-state index contributed by atoms with van der Waals surface area (Å²) in [7, 11) is 0. The molecule has 2 aliphatic rings. The first-order valence-electron chi connectivity index (χ1n) is 10.1. The monoisotopic (exact) mass is 381 g/mol. The predicted molar refractivity (Wildman–Crippen MR) is 104 cm³/mol. The molecule has 0 unspecified atom stereocenters. The zero-order valence-corrected chi connectivity index (χ0v) is 16.4. The van der Waals surface area contributed by atoms with E-state index >= 15 is 0 Å². The van der Waals surface area contributed by atoms with E-state index in [0.29, 0.717) is 31.7 Å². The Morgan fingerprint density at radius 2 is 2.14 bits per heavy atom. The third-order valence-corrected chi connectivity index (χ3v) is 5.98. The highest BCUT2D eigenvalue weighted by Gasteiger charge is 2.43. The molecule has 4 heterocycles. The molecule has 2 fully saturated rings. The van der Waals surface area contributed by atoms with Crippen molar-refractivity contribution in [2.75, 3.05) is 19.6 Å². The van der Waals surface area contributed by atoms with Gasteiger partial charge in [0.25, 0.3) is 5.91 Å². The third-order valence-electron chi connectivity index (χ3n) is 5.98. The first kappa shape index (κ1) is 18.7. The summed E-state index contributed by atoms with van der Waals surface area (Å²) in [6.07, 6.45) is 8.83. The number of rotatable bonds is 4. The van der Waals surface area contributed by atoms with Gasteiger partial charge in [0.05, 0.1) is 0 Å². The van der Waals surface area contributed by atoms with E-state index in [0.717, 1.165) is 37.9 Å². The lowest BCUT2D eigenvalue weighted by Gasteiger charge is -2.48. The maximum atomic E-state index is 13.0. The number of hydrogen-bond acceptors (Lipinski definition) is 4. The molecule has 2 aromatic heterocycles. The van der Waals surface area contributed by atoms with Crippen molar-refractivity contribution in [2.45, 2.75) is 45.7 Å². The third kappa shape index (κ3) is 3.79. The van der Waals surface area contributed by atoms with Crippen LogP contribution in [0.5, 0.6) is 0 Å². The molecule has 4 rings (SSSR count). The van der Waals surface area contributed by atoms with E-state index in [9.17, 15) is 9.59 Å². The second-order valence-electron chi connectivity index (χ2n) is 8.00. The number of likely N-dealkylation sites (tertiary alicyclic amines) is 2. The van der Waals surface area contributed by atoms with Crippen molar-refractivity contribution in [3.8, 4) is 0 Å². The Morgan fingerprint density at radius 3 is 2.89 bits per heavy atom. The van der Waals surface area contributed by atoms with Gasteiger partial charge >= 0.3 is 0 Å². The van der Waals surface area contributed by atoms with E-state index in [1.54, 1.807) is 16.9 Å². The minimum absolute atomic E-state index is 0.00184. The highest BCUT2D eigenvalue weighted by atomic mass is 16.2. The van der Waals surface area contributed by atoms with Gasteiger partial charge in [0.15, 0.2) is 0 Å². The fourth-order valence-corrected chi connectivity index (χ4v) is 4.49. The van der Waals surface area contributed by atoms with Gasteiger partial charge in [-0.05, 0) is 43.9 Å². The summed E-state index contributed by atoms with van der Waals surface area (Å²) in [5, 5.41) is 4.37. The smallest absolute Gasteiger partial charge is 0.274 e. The number of carbonyl (C=O) groups excluding carboxylic acids is 2. The van der Waals surface area contributed by atoms with Crippen LogP contribution < -0.4 is 0 Å². The maximum absolute atomic E-state index is 13.0. The molecule has 2 amide bonds. The fourth-order valence-electron chi connectivity index (χ4n) is 4.49. The van der Waals surface area contributed by atoms with Crippen molar-refractivity contribution in [3.63, 3.8) is 0 Å². The molecule has 28 heavy (non-hydrogen) atoms. The van der Waals surface area contributed by atoms with Gasteiger partial charge in [0.2, 0.25) is 5.91 Å². The lowest BCUT2D eigenvalue weighted by Crippen LogP contribution is -2.54. The number of piperidine rings is 2. The van der Waals surface area contributed by atoms with Gasteiger partial charge in [0.1, 0.15) is 5.69 Å². The zero-order chi connectivity index (χ0) is 19.6. The van der Waals surface area contributed by atoms with Crippen LogP contribution in [-0.2, 0) is 17.9 Å². The van der Waals surface area contributed by atoms with Crippen molar-refractivity contribution in [3.05, 3.63) is 48.0 Å². The summed E-state index contributed by atoms with van der Waals surface area (Å²) in [5.41, 5.74) is 1.54.